The van der Waals surface area contributed by atoms with E-state index in [2.05, 4.69) is 0 Å². The highest BCUT2D eigenvalue weighted by Gasteiger charge is 2.10. The molecule has 3 rings (SSSR count). The van der Waals surface area contributed by atoms with Crippen molar-refractivity contribution in [3.05, 3.63) is 81.0 Å². The molecule has 3 aromatic rings. The van der Waals surface area contributed by atoms with Crippen molar-refractivity contribution in [2.24, 2.45) is 0 Å². The molecule has 25 heavy (non-hydrogen) atoms. The van der Waals surface area contributed by atoms with Crippen LogP contribution in [0.2, 0.25) is 0 Å². The third kappa shape index (κ3) is 4.41. The molecule has 0 bridgehead atoms. The molecule has 0 aliphatic rings. The summed E-state index contributed by atoms with van der Waals surface area (Å²) >= 11 is 2.73. The molecular weight excluding hydrogens is 348 g/mol. The fourth-order valence-corrected chi connectivity index (χ4v) is 4.13. The molecule has 0 spiro atoms. The van der Waals surface area contributed by atoms with Gasteiger partial charge in [-0.25, -0.2) is 0 Å². The van der Waals surface area contributed by atoms with Crippen LogP contribution < -0.4 is 0 Å². The quantitative estimate of drug-likeness (QED) is 0.561. The smallest absolute Gasteiger partial charge is 0.234 e. The number of rotatable bonds is 4. The van der Waals surface area contributed by atoms with E-state index in [1.807, 2.05) is 80.6 Å². The van der Waals surface area contributed by atoms with Gasteiger partial charge in [-0.15, -0.1) is 11.3 Å². The topological polar surface area (TPSA) is 37.3 Å². The van der Waals surface area contributed by atoms with Gasteiger partial charge >= 0.3 is 0 Å². The lowest BCUT2D eigenvalue weighted by atomic mass is 10.1. The summed E-state index contributed by atoms with van der Waals surface area (Å²) in [6, 6.07) is 17.4. The zero-order valence-corrected chi connectivity index (χ0v) is 15.7. The van der Waals surface area contributed by atoms with Crippen molar-refractivity contribution >= 4 is 40.4 Å². The van der Waals surface area contributed by atoms with Gasteiger partial charge in [-0.3, -0.25) is 4.79 Å². The second-order valence-electron chi connectivity index (χ2n) is 5.74. The largest absolute Gasteiger partial charge is 0.507 e. The Morgan fingerprint density at radius 1 is 1.00 bits per heavy atom. The van der Waals surface area contributed by atoms with Crippen molar-refractivity contribution in [2.45, 2.75) is 18.7 Å². The number of carbonyl (C=O) groups excluding carboxylic acids is 1. The Morgan fingerprint density at radius 3 is 2.36 bits per heavy atom. The summed E-state index contributed by atoms with van der Waals surface area (Å²) in [5.74, 6) is 0.346. The standard InChI is InChI=1S/C21H18O2S2/c1-14-12-16(13-15(2)20(14)22)8-9-18-10-11-19(24-18)21(23)25-17-6-4-3-5-7-17/h3-13,22H,1-2H3. The van der Waals surface area contributed by atoms with E-state index in [4.69, 9.17) is 0 Å². The van der Waals surface area contributed by atoms with Gasteiger partial charge < -0.3 is 5.11 Å². The van der Waals surface area contributed by atoms with Crippen molar-refractivity contribution in [3.8, 4) is 5.75 Å². The van der Waals surface area contributed by atoms with Crippen LogP contribution in [0.1, 0.15) is 31.2 Å². The summed E-state index contributed by atoms with van der Waals surface area (Å²) in [6.45, 7) is 3.78. The summed E-state index contributed by atoms with van der Waals surface area (Å²) in [6.07, 6.45) is 4.00. The van der Waals surface area contributed by atoms with Crippen molar-refractivity contribution in [1.82, 2.24) is 0 Å². The first kappa shape index (κ1) is 17.5. The van der Waals surface area contributed by atoms with Crippen LogP contribution in [0.5, 0.6) is 5.75 Å². The van der Waals surface area contributed by atoms with Gasteiger partial charge in [-0.1, -0.05) is 24.3 Å². The molecule has 0 unspecified atom stereocenters. The molecular formula is C21H18O2S2. The van der Waals surface area contributed by atoms with E-state index >= 15 is 0 Å². The van der Waals surface area contributed by atoms with Gasteiger partial charge in [-0.05, 0) is 84.8 Å². The molecule has 126 valence electrons. The molecule has 2 aromatic carbocycles. The first-order valence-corrected chi connectivity index (χ1v) is 9.51. The molecule has 1 N–H and O–H groups in total. The van der Waals surface area contributed by atoms with E-state index in [0.717, 1.165) is 31.3 Å². The molecule has 0 saturated heterocycles. The van der Waals surface area contributed by atoms with E-state index in [1.165, 1.54) is 23.1 Å². The van der Waals surface area contributed by atoms with Gasteiger partial charge in [0.1, 0.15) is 5.75 Å². The Bertz CT molecular complexity index is 901. The van der Waals surface area contributed by atoms with Crippen LogP contribution in [-0.4, -0.2) is 10.2 Å². The van der Waals surface area contributed by atoms with Gasteiger partial charge in [0.25, 0.3) is 0 Å². The van der Waals surface area contributed by atoms with Crippen LogP contribution >= 0.6 is 23.1 Å². The van der Waals surface area contributed by atoms with E-state index < -0.39 is 0 Å². The summed E-state index contributed by atoms with van der Waals surface area (Å²) in [4.78, 5) is 15.1. The van der Waals surface area contributed by atoms with Crippen LogP contribution in [0.25, 0.3) is 12.2 Å². The molecule has 0 aliphatic heterocycles. The third-order valence-corrected chi connectivity index (χ3v) is 5.83. The number of thioether (sulfide) groups is 1. The number of thiophene rings is 1. The van der Waals surface area contributed by atoms with Gasteiger partial charge in [0.15, 0.2) is 0 Å². The highest BCUT2D eigenvalue weighted by molar-refractivity contribution is 8.14. The lowest BCUT2D eigenvalue weighted by Gasteiger charge is -2.04. The van der Waals surface area contributed by atoms with E-state index in [1.54, 1.807) is 0 Å². The molecule has 0 radical (unpaired) electrons. The van der Waals surface area contributed by atoms with Crippen LogP contribution in [0.3, 0.4) is 0 Å². The zero-order chi connectivity index (χ0) is 17.8. The summed E-state index contributed by atoms with van der Waals surface area (Å²) in [5, 5.41) is 9.90. The number of phenolic OH excluding ortho intramolecular Hbond substituents is 1. The molecule has 4 heteroatoms. The second-order valence-corrected chi connectivity index (χ2v) is 7.90. The van der Waals surface area contributed by atoms with E-state index in [0.29, 0.717) is 5.75 Å². The number of phenols is 1. The van der Waals surface area contributed by atoms with Gasteiger partial charge in [0.2, 0.25) is 5.12 Å². The fourth-order valence-electron chi connectivity index (χ4n) is 2.46. The lowest BCUT2D eigenvalue weighted by Crippen LogP contribution is -1.87. The number of aromatic hydroxyl groups is 1. The van der Waals surface area contributed by atoms with Crippen molar-refractivity contribution < 1.29 is 9.90 Å². The average Bonchev–Trinajstić information content (AvgIpc) is 3.08. The number of hydrogen-bond acceptors (Lipinski definition) is 4. The number of carbonyl (C=O) groups is 1. The summed E-state index contributed by atoms with van der Waals surface area (Å²) in [7, 11) is 0. The predicted octanol–water partition coefficient (Wildman–Crippen LogP) is 6.17. The molecule has 0 aliphatic carbocycles. The van der Waals surface area contributed by atoms with E-state index in [9.17, 15) is 9.90 Å². The molecule has 1 aromatic heterocycles. The highest BCUT2D eigenvalue weighted by atomic mass is 32.2. The Balaban J connectivity index is 1.72. The predicted molar refractivity (Wildman–Crippen MR) is 107 cm³/mol. The van der Waals surface area contributed by atoms with Crippen LogP contribution in [0, 0.1) is 13.8 Å². The highest BCUT2D eigenvalue weighted by Crippen LogP contribution is 2.28. The minimum Gasteiger partial charge on any atom is -0.507 e. The van der Waals surface area contributed by atoms with Crippen molar-refractivity contribution in [2.75, 3.05) is 0 Å². The maximum Gasteiger partial charge on any atom is 0.234 e. The first-order valence-electron chi connectivity index (χ1n) is 7.88. The van der Waals surface area contributed by atoms with Crippen LogP contribution in [0.15, 0.2) is 59.5 Å². The van der Waals surface area contributed by atoms with Gasteiger partial charge in [0, 0.05) is 9.77 Å². The van der Waals surface area contributed by atoms with Crippen LogP contribution in [0.4, 0.5) is 0 Å². The maximum absolute atomic E-state index is 12.3. The molecule has 0 atom stereocenters. The zero-order valence-electron chi connectivity index (χ0n) is 14.0. The van der Waals surface area contributed by atoms with Gasteiger partial charge in [-0.2, -0.15) is 0 Å². The molecule has 1 heterocycles. The number of benzene rings is 2. The minimum atomic E-state index is 0.0622. The average molecular weight is 367 g/mol. The summed E-state index contributed by atoms with van der Waals surface area (Å²) < 4.78 is 0. The fraction of sp³-hybridized carbons (Fsp3) is 0.0952. The number of aryl methyl sites for hydroxylation is 2. The Labute approximate surface area is 155 Å². The van der Waals surface area contributed by atoms with Crippen molar-refractivity contribution in [1.29, 1.82) is 0 Å². The second kappa shape index (κ2) is 7.72. The SMILES string of the molecule is Cc1cc(C=Cc2ccc(C(=O)Sc3ccccc3)s2)cc(C)c1O. The third-order valence-electron chi connectivity index (χ3n) is 3.74. The molecule has 0 amide bonds. The number of hydrogen-bond donors (Lipinski definition) is 1. The maximum atomic E-state index is 12.3. The van der Waals surface area contributed by atoms with E-state index in [-0.39, 0.29) is 5.12 Å². The Morgan fingerprint density at radius 2 is 1.68 bits per heavy atom. The monoisotopic (exact) mass is 366 g/mol. The van der Waals surface area contributed by atoms with Crippen LogP contribution in [-0.2, 0) is 0 Å². The Hall–Kier alpha value is -2.30. The van der Waals surface area contributed by atoms with Gasteiger partial charge in [0.05, 0.1) is 4.88 Å². The Kier molecular flexibility index (Phi) is 5.41. The minimum absolute atomic E-state index is 0.0622. The molecule has 2 nitrogen and oxygen atoms in total. The lowest BCUT2D eigenvalue weighted by molar-refractivity contribution is 0.109. The normalized spacial score (nSPS) is 11.1. The molecule has 0 saturated carbocycles. The molecule has 0 fully saturated rings. The first-order chi connectivity index (χ1) is 12.0. The van der Waals surface area contributed by atoms with Crippen molar-refractivity contribution in [3.63, 3.8) is 0 Å². The summed E-state index contributed by atoms with van der Waals surface area (Å²) in [5.41, 5.74) is 2.76.